The van der Waals surface area contributed by atoms with E-state index < -0.39 is 0 Å². The Hall–Kier alpha value is -0.820. The molecule has 0 aromatic heterocycles. The first-order valence-corrected chi connectivity index (χ1v) is 5.36. The van der Waals surface area contributed by atoms with Crippen molar-refractivity contribution in [3.63, 3.8) is 0 Å². The first-order valence-electron chi connectivity index (χ1n) is 5.36. The molecule has 0 spiro atoms. The van der Waals surface area contributed by atoms with Crippen molar-refractivity contribution in [3.05, 3.63) is 36.5 Å². The van der Waals surface area contributed by atoms with Crippen LogP contribution < -0.4 is 5.32 Å². The lowest BCUT2D eigenvalue weighted by Crippen LogP contribution is -2.28. The molecule has 1 N–H and O–H groups in total. The second-order valence-corrected chi connectivity index (χ2v) is 4.24. The van der Waals surface area contributed by atoms with Crippen LogP contribution >= 0.6 is 0 Å². The third-order valence-corrected chi connectivity index (χ3v) is 2.70. The molecule has 0 bridgehead atoms. The van der Waals surface area contributed by atoms with Gasteiger partial charge in [-0.1, -0.05) is 30.9 Å². The van der Waals surface area contributed by atoms with E-state index in [0.717, 1.165) is 18.0 Å². The van der Waals surface area contributed by atoms with Crippen molar-refractivity contribution in [1.29, 1.82) is 0 Å². The average molecular weight is 191 g/mol. The summed E-state index contributed by atoms with van der Waals surface area (Å²) >= 11 is 0. The van der Waals surface area contributed by atoms with Gasteiger partial charge < -0.3 is 5.32 Å². The van der Waals surface area contributed by atoms with Crippen LogP contribution in [0.5, 0.6) is 0 Å². The molecule has 0 amide bonds. The van der Waals surface area contributed by atoms with Crippen LogP contribution in [0.15, 0.2) is 36.5 Å². The van der Waals surface area contributed by atoms with Gasteiger partial charge in [-0.15, -0.1) is 0 Å². The fourth-order valence-corrected chi connectivity index (χ4v) is 1.27. The highest BCUT2D eigenvalue weighted by molar-refractivity contribution is 5.28. The summed E-state index contributed by atoms with van der Waals surface area (Å²) in [6, 6.07) is 0.380. The van der Waals surface area contributed by atoms with Gasteiger partial charge in [0.2, 0.25) is 0 Å². The van der Waals surface area contributed by atoms with Gasteiger partial charge in [0.25, 0.3) is 0 Å². The maximum Gasteiger partial charge on any atom is 0.0286 e. The van der Waals surface area contributed by atoms with E-state index in [0.29, 0.717) is 6.04 Å². The van der Waals surface area contributed by atoms with E-state index in [9.17, 15) is 0 Å². The molecule has 14 heavy (non-hydrogen) atoms. The van der Waals surface area contributed by atoms with Gasteiger partial charge in [0.05, 0.1) is 0 Å². The quantitative estimate of drug-likeness (QED) is 0.636. The van der Waals surface area contributed by atoms with Crippen LogP contribution in [0.3, 0.4) is 0 Å². The highest BCUT2D eigenvalue weighted by atomic mass is 14.9. The molecule has 0 radical (unpaired) electrons. The lowest BCUT2D eigenvalue weighted by atomic mass is 10.1. The summed E-state index contributed by atoms with van der Waals surface area (Å²) in [4.78, 5) is 0. The first-order chi connectivity index (χ1) is 6.63. The number of rotatable bonds is 6. The SMILES string of the molecule is C=C/C(C)=C\C(=C)C(C)NCC1CC1. The molecule has 1 aliphatic carbocycles. The van der Waals surface area contributed by atoms with E-state index >= 15 is 0 Å². The van der Waals surface area contributed by atoms with Gasteiger partial charge in [0.15, 0.2) is 0 Å². The largest absolute Gasteiger partial charge is 0.310 e. The zero-order valence-corrected chi connectivity index (χ0v) is 9.34. The lowest BCUT2D eigenvalue weighted by Gasteiger charge is -2.14. The minimum absolute atomic E-state index is 0.380. The highest BCUT2D eigenvalue weighted by Crippen LogP contribution is 2.27. The van der Waals surface area contributed by atoms with Gasteiger partial charge >= 0.3 is 0 Å². The molecule has 78 valence electrons. The Morgan fingerprint density at radius 3 is 2.71 bits per heavy atom. The predicted molar refractivity (Wildman–Crippen MR) is 63.3 cm³/mol. The molecule has 0 saturated heterocycles. The van der Waals surface area contributed by atoms with Crippen LogP contribution in [-0.2, 0) is 0 Å². The van der Waals surface area contributed by atoms with Crippen molar-refractivity contribution in [3.8, 4) is 0 Å². The van der Waals surface area contributed by atoms with E-state index in [-0.39, 0.29) is 0 Å². The van der Waals surface area contributed by atoms with Crippen molar-refractivity contribution in [2.45, 2.75) is 32.7 Å². The van der Waals surface area contributed by atoms with E-state index in [4.69, 9.17) is 0 Å². The topological polar surface area (TPSA) is 12.0 Å². The molecular weight excluding hydrogens is 170 g/mol. The van der Waals surface area contributed by atoms with Gasteiger partial charge in [-0.05, 0) is 44.7 Å². The summed E-state index contributed by atoms with van der Waals surface area (Å²) in [5, 5.41) is 3.50. The van der Waals surface area contributed by atoms with Crippen molar-refractivity contribution in [2.24, 2.45) is 5.92 Å². The number of hydrogen-bond donors (Lipinski definition) is 1. The van der Waals surface area contributed by atoms with E-state index in [2.05, 4.69) is 31.5 Å². The summed E-state index contributed by atoms with van der Waals surface area (Å²) < 4.78 is 0. The summed E-state index contributed by atoms with van der Waals surface area (Å²) in [5.41, 5.74) is 2.32. The number of hydrogen-bond acceptors (Lipinski definition) is 1. The van der Waals surface area contributed by atoms with Crippen LogP contribution in [0.25, 0.3) is 0 Å². The second-order valence-electron chi connectivity index (χ2n) is 4.24. The molecule has 1 saturated carbocycles. The summed E-state index contributed by atoms with van der Waals surface area (Å²) in [6.07, 6.45) is 6.75. The Labute approximate surface area is 87.6 Å². The minimum Gasteiger partial charge on any atom is -0.310 e. The number of allylic oxidation sites excluding steroid dienone is 2. The molecule has 1 unspecified atom stereocenters. The van der Waals surface area contributed by atoms with Crippen LogP contribution in [0.4, 0.5) is 0 Å². The van der Waals surface area contributed by atoms with Gasteiger partial charge in [0.1, 0.15) is 0 Å². The minimum atomic E-state index is 0.380. The molecule has 0 aliphatic heterocycles. The monoisotopic (exact) mass is 191 g/mol. The van der Waals surface area contributed by atoms with E-state index in [1.54, 1.807) is 0 Å². The second kappa shape index (κ2) is 5.16. The molecular formula is C13H21N. The molecule has 1 heteroatoms. The zero-order valence-electron chi connectivity index (χ0n) is 9.34. The Bertz CT molecular complexity index is 246. The molecule has 1 aliphatic rings. The van der Waals surface area contributed by atoms with Gasteiger partial charge in [-0.3, -0.25) is 0 Å². The van der Waals surface area contributed by atoms with E-state index in [1.807, 2.05) is 13.0 Å². The summed E-state index contributed by atoms with van der Waals surface area (Å²) in [5.74, 6) is 0.926. The van der Waals surface area contributed by atoms with Crippen molar-refractivity contribution >= 4 is 0 Å². The van der Waals surface area contributed by atoms with Crippen molar-refractivity contribution in [1.82, 2.24) is 5.32 Å². The molecule has 0 aromatic rings. The molecule has 1 nitrogen and oxygen atoms in total. The highest BCUT2D eigenvalue weighted by Gasteiger charge is 2.21. The summed E-state index contributed by atoms with van der Waals surface area (Å²) in [6.45, 7) is 13.1. The third-order valence-electron chi connectivity index (χ3n) is 2.70. The Kier molecular flexibility index (Phi) is 4.15. The lowest BCUT2D eigenvalue weighted by molar-refractivity contribution is 0.584. The normalized spacial score (nSPS) is 19.1. The standard InChI is InChI=1S/C13H21N/c1-5-10(2)8-11(3)12(4)14-9-13-6-7-13/h5,8,12-14H,1,3,6-7,9H2,2,4H3/b10-8-. The van der Waals surface area contributed by atoms with Crippen molar-refractivity contribution in [2.75, 3.05) is 6.54 Å². The Morgan fingerprint density at radius 1 is 1.57 bits per heavy atom. The molecule has 0 aromatic carbocycles. The van der Waals surface area contributed by atoms with Gasteiger partial charge in [-0.2, -0.15) is 0 Å². The maximum absolute atomic E-state index is 4.05. The molecule has 1 atom stereocenters. The average Bonchev–Trinajstić information content (AvgIpc) is 2.97. The van der Waals surface area contributed by atoms with Crippen LogP contribution in [0.2, 0.25) is 0 Å². The third kappa shape index (κ3) is 3.93. The van der Waals surface area contributed by atoms with Crippen molar-refractivity contribution < 1.29 is 0 Å². The molecule has 1 fully saturated rings. The fraction of sp³-hybridized carbons (Fsp3) is 0.538. The predicted octanol–water partition coefficient (Wildman–Crippen LogP) is 3.06. The fourth-order valence-electron chi connectivity index (χ4n) is 1.27. The van der Waals surface area contributed by atoms with Crippen LogP contribution in [0.1, 0.15) is 26.7 Å². The van der Waals surface area contributed by atoms with Crippen LogP contribution in [-0.4, -0.2) is 12.6 Å². The Balaban J connectivity index is 2.30. The first kappa shape index (κ1) is 11.3. The zero-order chi connectivity index (χ0) is 10.6. The smallest absolute Gasteiger partial charge is 0.0286 e. The van der Waals surface area contributed by atoms with Gasteiger partial charge in [0, 0.05) is 6.04 Å². The molecule has 0 heterocycles. The number of nitrogens with one attached hydrogen (secondary N) is 1. The molecule has 1 rings (SSSR count). The summed E-state index contributed by atoms with van der Waals surface area (Å²) in [7, 11) is 0. The maximum atomic E-state index is 4.05. The van der Waals surface area contributed by atoms with Crippen LogP contribution in [0, 0.1) is 5.92 Å². The Morgan fingerprint density at radius 2 is 2.21 bits per heavy atom. The van der Waals surface area contributed by atoms with Gasteiger partial charge in [-0.25, -0.2) is 0 Å². The van der Waals surface area contributed by atoms with E-state index in [1.165, 1.54) is 18.4 Å².